The Hall–Kier alpha value is -1.65. The zero-order valence-corrected chi connectivity index (χ0v) is 12.6. The van der Waals surface area contributed by atoms with Crippen molar-refractivity contribution in [2.75, 3.05) is 25.0 Å². The predicted molar refractivity (Wildman–Crippen MR) is 79.9 cm³/mol. The van der Waals surface area contributed by atoms with Gasteiger partial charge in [-0.05, 0) is 38.2 Å². The molecule has 5 heteroatoms. The molecular formula is C15H24N4O. The SMILES string of the molecule is CCCNc1nc(C)cc(C(=O)N2CCCC(C)C2)n1. The number of amides is 1. The number of nitrogens with zero attached hydrogens (tertiary/aromatic N) is 3. The molecule has 0 radical (unpaired) electrons. The van der Waals surface area contributed by atoms with Gasteiger partial charge >= 0.3 is 0 Å². The highest BCUT2D eigenvalue weighted by molar-refractivity contribution is 5.92. The lowest BCUT2D eigenvalue weighted by Crippen LogP contribution is -2.39. The number of hydrogen-bond acceptors (Lipinski definition) is 4. The summed E-state index contributed by atoms with van der Waals surface area (Å²) in [6.07, 6.45) is 3.29. The lowest BCUT2D eigenvalue weighted by molar-refractivity contribution is 0.0677. The van der Waals surface area contributed by atoms with Crippen molar-refractivity contribution in [3.63, 3.8) is 0 Å². The number of aryl methyl sites for hydroxylation is 1. The van der Waals surface area contributed by atoms with E-state index in [4.69, 9.17) is 0 Å². The number of hydrogen-bond donors (Lipinski definition) is 1. The van der Waals surface area contributed by atoms with Gasteiger partial charge in [0.15, 0.2) is 0 Å². The van der Waals surface area contributed by atoms with Gasteiger partial charge in [-0.1, -0.05) is 13.8 Å². The Morgan fingerprint density at radius 3 is 3.00 bits per heavy atom. The fourth-order valence-corrected chi connectivity index (χ4v) is 2.53. The van der Waals surface area contributed by atoms with Gasteiger partial charge in [0.05, 0.1) is 0 Å². The van der Waals surface area contributed by atoms with E-state index < -0.39 is 0 Å². The van der Waals surface area contributed by atoms with Crippen LogP contribution < -0.4 is 5.32 Å². The third kappa shape index (κ3) is 3.68. The number of rotatable bonds is 4. The lowest BCUT2D eigenvalue weighted by Gasteiger charge is -2.30. The molecule has 1 fully saturated rings. The molecule has 5 nitrogen and oxygen atoms in total. The van der Waals surface area contributed by atoms with Crippen LogP contribution in [0.2, 0.25) is 0 Å². The summed E-state index contributed by atoms with van der Waals surface area (Å²) in [5.74, 6) is 1.16. The van der Waals surface area contributed by atoms with Crippen molar-refractivity contribution in [2.45, 2.75) is 40.0 Å². The molecule has 1 aliphatic heterocycles. The van der Waals surface area contributed by atoms with E-state index >= 15 is 0 Å². The van der Waals surface area contributed by atoms with E-state index in [9.17, 15) is 4.79 Å². The first kappa shape index (κ1) is 14.8. The highest BCUT2D eigenvalue weighted by Crippen LogP contribution is 2.18. The molecule has 1 N–H and O–H groups in total. The number of aromatic nitrogens is 2. The average Bonchev–Trinajstić information content (AvgIpc) is 2.43. The zero-order chi connectivity index (χ0) is 14.5. The number of likely N-dealkylation sites (tertiary alicyclic amines) is 1. The first-order chi connectivity index (χ1) is 9.60. The van der Waals surface area contributed by atoms with Crippen molar-refractivity contribution in [1.82, 2.24) is 14.9 Å². The topological polar surface area (TPSA) is 58.1 Å². The van der Waals surface area contributed by atoms with Crippen LogP contribution in [0.4, 0.5) is 5.95 Å². The van der Waals surface area contributed by atoms with Crippen LogP contribution in [0.25, 0.3) is 0 Å². The summed E-state index contributed by atoms with van der Waals surface area (Å²) >= 11 is 0. The summed E-state index contributed by atoms with van der Waals surface area (Å²) < 4.78 is 0. The van der Waals surface area contributed by atoms with Crippen LogP contribution in [0, 0.1) is 12.8 Å². The van der Waals surface area contributed by atoms with Crippen molar-refractivity contribution in [1.29, 1.82) is 0 Å². The minimum Gasteiger partial charge on any atom is -0.354 e. The van der Waals surface area contributed by atoms with Crippen LogP contribution in [-0.4, -0.2) is 40.4 Å². The second-order valence-electron chi connectivity index (χ2n) is 5.64. The van der Waals surface area contributed by atoms with Gasteiger partial charge in [0.2, 0.25) is 5.95 Å². The normalized spacial score (nSPS) is 18.9. The zero-order valence-electron chi connectivity index (χ0n) is 12.6. The molecule has 110 valence electrons. The lowest BCUT2D eigenvalue weighted by atomic mass is 10.00. The van der Waals surface area contributed by atoms with Crippen LogP contribution in [0.15, 0.2) is 6.07 Å². The monoisotopic (exact) mass is 276 g/mol. The molecule has 1 amide bonds. The maximum Gasteiger partial charge on any atom is 0.272 e. The van der Waals surface area contributed by atoms with E-state index in [2.05, 4.69) is 29.1 Å². The van der Waals surface area contributed by atoms with Crippen LogP contribution in [0.5, 0.6) is 0 Å². The Labute approximate surface area is 120 Å². The molecule has 0 aliphatic carbocycles. The fraction of sp³-hybridized carbons (Fsp3) is 0.667. The molecule has 2 heterocycles. The smallest absolute Gasteiger partial charge is 0.272 e. The first-order valence-electron chi connectivity index (χ1n) is 7.49. The second-order valence-corrected chi connectivity index (χ2v) is 5.64. The molecule has 1 unspecified atom stereocenters. The molecule has 1 saturated heterocycles. The fourth-order valence-electron chi connectivity index (χ4n) is 2.53. The predicted octanol–water partition coefficient (Wildman–Crippen LogP) is 2.48. The Balaban J connectivity index is 2.14. The van der Waals surface area contributed by atoms with Gasteiger partial charge in [-0.25, -0.2) is 9.97 Å². The molecule has 1 atom stereocenters. The Kier molecular flexibility index (Phi) is 4.93. The molecule has 0 saturated carbocycles. The van der Waals surface area contributed by atoms with E-state index in [-0.39, 0.29) is 5.91 Å². The van der Waals surface area contributed by atoms with Gasteiger partial charge in [0.25, 0.3) is 5.91 Å². The van der Waals surface area contributed by atoms with Crippen LogP contribution in [0.3, 0.4) is 0 Å². The first-order valence-corrected chi connectivity index (χ1v) is 7.49. The van der Waals surface area contributed by atoms with E-state index in [1.807, 2.05) is 11.8 Å². The maximum atomic E-state index is 12.5. The molecule has 1 aliphatic rings. The largest absolute Gasteiger partial charge is 0.354 e. The molecule has 0 spiro atoms. The van der Waals surface area contributed by atoms with Crippen molar-refractivity contribution in [2.24, 2.45) is 5.92 Å². The van der Waals surface area contributed by atoms with Gasteiger partial charge in [0.1, 0.15) is 5.69 Å². The van der Waals surface area contributed by atoms with Crippen molar-refractivity contribution in [3.05, 3.63) is 17.5 Å². The summed E-state index contributed by atoms with van der Waals surface area (Å²) in [7, 11) is 0. The van der Waals surface area contributed by atoms with Crippen LogP contribution in [-0.2, 0) is 0 Å². The third-order valence-corrected chi connectivity index (χ3v) is 3.55. The molecule has 2 rings (SSSR count). The summed E-state index contributed by atoms with van der Waals surface area (Å²) in [6, 6.07) is 1.78. The summed E-state index contributed by atoms with van der Waals surface area (Å²) in [5.41, 5.74) is 1.33. The van der Waals surface area contributed by atoms with Gasteiger partial charge in [0, 0.05) is 25.3 Å². The minimum absolute atomic E-state index is 0.0293. The quantitative estimate of drug-likeness (QED) is 0.918. The number of anilines is 1. The van der Waals surface area contributed by atoms with E-state index in [0.717, 1.165) is 38.2 Å². The van der Waals surface area contributed by atoms with Crippen molar-refractivity contribution >= 4 is 11.9 Å². The molecule has 1 aromatic rings. The number of nitrogens with one attached hydrogen (secondary N) is 1. The Morgan fingerprint density at radius 1 is 1.50 bits per heavy atom. The molecule has 1 aromatic heterocycles. The van der Waals surface area contributed by atoms with Gasteiger partial charge < -0.3 is 10.2 Å². The Morgan fingerprint density at radius 2 is 2.30 bits per heavy atom. The van der Waals surface area contributed by atoms with Gasteiger partial charge in [-0.3, -0.25) is 4.79 Å². The van der Waals surface area contributed by atoms with Gasteiger partial charge in [-0.2, -0.15) is 0 Å². The van der Waals surface area contributed by atoms with Crippen LogP contribution in [0.1, 0.15) is 49.3 Å². The Bertz CT molecular complexity index is 475. The minimum atomic E-state index is 0.0293. The summed E-state index contributed by atoms with van der Waals surface area (Å²) in [5, 5.41) is 3.15. The average molecular weight is 276 g/mol. The van der Waals surface area contributed by atoms with E-state index in [1.54, 1.807) is 6.07 Å². The highest BCUT2D eigenvalue weighted by Gasteiger charge is 2.23. The molecule has 20 heavy (non-hydrogen) atoms. The number of carbonyl (C=O) groups excluding carboxylic acids is 1. The van der Waals surface area contributed by atoms with Crippen molar-refractivity contribution < 1.29 is 4.79 Å². The molecule has 0 aromatic carbocycles. The molecular weight excluding hydrogens is 252 g/mol. The molecule has 0 bridgehead atoms. The summed E-state index contributed by atoms with van der Waals surface area (Å²) in [6.45, 7) is 8.67. The van der Waals surface area contributed by atoms with Crippen molar-refractivity contribution in [3.8, 4) is 0 Å². The van der Waals surface area contributed by atoms with Gasteiger partial charge in [-0.15, -0.1) is 0 Å². The number of piperidine rings is 1. The maximum absolute atomic E-state index is 12.5. The van der Waals surface area contributed by atoms with Crippen LogP contribution >= 0.6 is 0 Å². The van der Waals surface area contributed by atoms with E-state index in [0.29, 0.717) is 17.6 Å². The standard InChI is InChI=1S/C15H24N4O/c1-4-7-16-15-17-12(3)9-13(18-15)14(20)19-8-5-6-11(2)10-19/h9,11H,4-8,10H2,1-3H3,(H,16,17,18). The second kappa shape index (κ2) is 6.68. The highest BCUT2D eigenvalue weighted by atomic mass is 16.2. The third-order valence-electron chi connectivity index (χ3n) is 3.55. The van der Waals surface area contributed by atoms with E-state index in [1.165, 1.54) is 6.42 Å². The summed E-state index contributed by atoms with van der Waals surface area (Å²) in [4.78, 5) is 23.1. The number of carbonyl (C=O) groups is 1.